The normalized spacial score (nSPS) is 14.4. The number of aromatic nitrogens is 1. The second kappa shape index (κ2) is 12.5. The van der Waals surface area contributed by atoms with E-state index in [1.807, 2.05) is 18.2 Å². The number of benzene rings is 1. The summed E-state index contributed by atoms with van der Waals surface area (Å²) in [5.41, 5.74) is 6.97. The van der Waals surface area contributed by atoms with E-state index in [1.165, 1.54) is 6.92 Å². The van der Waals surface area contributed by atoms with Gasteiger partial charge in [-0.15, -0.1) is 0 Å². The lowest BCUT2D eigenvalue weighted by Gasteiger charge is -2.22. The smallest absolute Gasteiger partial charge is 0.326 e. The minimum Gasteiger partial charge on any atom is -0.481 e. The van der Waals surface area contributed by atoms with E-state index in [0.29, 0.717) is 5.56 Å². The van der Waals surface area contributed by atoms with Crippen LogP contribution in [0.2, 0.25) is 0 Å². The van der Waals surface area contributed by atoms with Gasteiger partial charge in [-0.05, 0) is 25.0 Å². The lowest BCUT2D eigenvalue weighted by molar-refractivity contribution is -0.143. The molecule has 0 fully saturated rings. The maximum atomic E-state index is 12.9. The van der Waals surface area contributed by atoms with Crippen molar-refractivity contribution in [3.05, 3.63) is 36.0 Å². The van der Waals surface area contributed by atoms with Crippen LogP contribution in [-0.2, 0) is 30.4 Å². The number of aliphatic hydroxyl groups is 1. The lowest BCUT2D eigenvalue weighted by atomic mass is 10.0. The number of nitrogens with two attached hydrogens (primary N) is 1. The second-order valence-corrected chi connectivity index (χ2v) is 8.00. The first kappa shape index (κ1) is 27.3. The molecule has 0 bridgehead atoms. The van der Waals surface area contributed by atoms with Gasteiger partial charge in [0.05, 0.1) is 12.6 Å². The molecule has 2 rings (SSSR count). The number of carboxylic acids is 2. The van der Waals surface area contributed by atoms with E-state index in [1.54, 1.807) is 12.3 Å². The van der Waals surface area contributed by atoms with E-state index in [2.05, 4.69) is 20.9 Å². The van der Waals surface area contributed by atoms with Gasteiger partial charge in [-0.25, -0.2) is 4.79 Å². The summed E-state index contributed by atoms with van der Waals surface area (Å²) in [5, 5.41) is 35.3. The minimum absolute atomic E-state index is 0.0199. The Kier molecular flexibility index (Phi) is 9.73. The number of hydrogen-bond acceptors (Lipinski definition) is 7. The van der Waals surface area contributed by atoms with Crippen LogP contribution in [-0.4, -0.2) is 80.7 Å². The van der Waals surface area contributed by atoms with E-state index in [4.69, 9.17) is 10.8 Å². The van der Waals surface area contributed by atoms with Crippen molar-refractivity contribution in [2.75, 3.05) is 6.54 Å². The summed E-state index contributed by atoms with van der Waals surface area (Å²) in [6, 6.07) is 3.26. The average molecular weight is 492 g/mol. The monoisotopic (exact) mass is 491 g/mol. The molecule has 0 aliphatic rings. The number of carbonyl (C=O) groups is 5. The zero-order valence-electron chi connectivity index (χ0n) is 19.0. The highest BCUT2D eigenvalue weighted by atomic mass is 16.4. The molecule has 1 aromatic carbocycles. The summed E-state index contributed by atoms with van der Waals surface area (Å²) >= 11 is 0. The SMILES string of the molecule is CC(O)C(N)C(=O)NCC(=O)NC(Cc1c[nH]c2ccccc12)C(=O)NC(CCC(=O)O)C(=O)O. The molecule has 0 radical (unpaired) electrons. The lowest BCUT2D eigenvalue weighted by Crippen LogP contribution is -2.55. The first-order chi connectivity index (χ1) is 16.5. The number of hydrogen-bond donors (Lipinski definition) is 8. The van der Waals surface area contributed by atoms with Crippen LogP contribution in [0.3, 0.4) is 0 Å². The molecule has 13 heteroatoms. The third-order valence-corrected chi connectivity index (χ3v) is 5.26. The fourth-order valence-corrected chi connectivity index (χ4v) is 3.28. The molecular weight excluding hydrogens is 462 g/mol. The molecule has 0 saturated carbocycles. The Balaban J connectivity index is 2.17. The predicted molar refractivity (Wildman–Crippen MR) is 123 cm³/mol. The molecule has 2 aromatic rings. The van der Waals surface area contributed by atoms with Gasteiger partial charge in [-0.3, -0.25) is 19.2 Å². The largest absolute Gasteiger partial charge is 0.481 e. The van der Waals surface area contributed by atoms with Gasteiger partial charge < -0.3 is 42.0 Å². The van der Waals surface area contributed by atoms with E-state index >= 15 is 0 Å². The number of para-hydroxylation sites is 1. The number of aliphatic carboxylic acids is 2. The van der Waals surface area contributed by atoms with Gasteiger partial charge in [0.25, 0.3) is 0 Å². The number of fused-ring (bicyclic) bond motifs is 1. The Morgan fingerprint density at radius 3 is 2.34 bits per heavy atom. The third-order valence-electron chi connectivity index (χ3n) is 5.26. The summed E-state index contributed by atoms with van der Waals surface area (Å²) in [6.45, 7) is 0.771. The fraction of sp³-hybridized carbons (Fsp3) is 0.409. The molecule has 0 spiro atoms. The van der Waals surface area contributed by atoms with Gasteiger partial charge in [0.2, 0.25) is 17.7 Å². The van der Waals surface area contributed by atoms with Gasteiger partial charge in [-0.2, -0.15) is 0 Å². The Morgan fingerprint density at radius 1 is 1.03 bits per heavy atom. The number of nitrogens with one attached hydrogen (secondary N) is 4. The highest BCUT2D eigenvalue weighted by Gasteiger charge is 2.28. The van der Waals surface area contributed by atoms with Crippen LogP contribution in [0.1, 0.15) is 25.3 Å². The van der Waals surface area contributed by atoms with Crippen LogP contribution in [0.15, 0.2) is 30.5 Å². The van der Waals surface area contributed by atoms with Crippen molar-refractivity contribution in [1.29, 1.82) is 0 Å². The topological polar surface area (TPSA) is 224 Å². The number of carboxylic acid groups (broad SMARTS) is 2. The molecule has 0 saturated heterocycles. The van der Waals surface area contributed by atoms with Crippen molar-refractivity contribution in [2.24, 2.45) is 5.73 Å². The van der Waals surface area contributed by atoms with Crippen LogP contribution < -0.4 is 21.7 Å². The highest BCUT2D eigenvalue weighted by Crippen LogP contribution is 2.19. The van der Waals surface area contributed by atoms with Gasteiger partial charge in [0, 0.05) is 29.9 Å². The standard InChI is InChI=1S/C22H29N5O8/c1-11(28)19(23)21(33)25-10-17(29)26-16(8-12-9-24-14-5-3-2-4-13(12)14)20(32)27-15(22(34)35)6-7-18(30)31/h2-5,9,11,15-16,19,24,28H,6-8,10,23H2,1H3,(H,25,33)(H,26,29)(H,27,32)(H,30,31)(H,34,35). The maximum absolute atomic E-state index is 12.9. The summed E-state index contributed by atoms with van der Waals surface area (Å²) < 4.78 is 0. The predicted octanol–water partition coefficient (Wildman–Crippen LogP) is -1.55. The summed E-state index contributed by atoms with van der Waals surface area (Å²) in [5.74, 6) is -5.01. The van der Waals surface area contributed by atoms with E-state index in [-0.39, 0.29) is 12.8 Å². The Labute approximate surface area is 200 Å². The van der Waals surface area contributed by atoms with Crippen molar-refractivity contribution in [3.8, 4) is 0 Å². The van der Waals surface area contributed by atoms with Gasteiger partial charge in [0.1, 0.15) is 18.1 Å². The third kappa shape index (κ3) is 8.08. The van der Waals surface area contributed by atoms with Crippen molar-refractivity contribution in [1.82, 2.24) is 20.9 Å². The molecule has 3 amide bonds. The zero-order chi connectivity index (χ0) is 26.1. The Morgan fingerprint density at radius 2 is 1.71 bits per heavy atom. The molecule has 0 aliphatic carbocycles. The Bertz CT molecular complexity index is 1080. The molecule has 1 heterocycles. The van der Waals surface area contributed by atoms with Crippen LogP contribution in [0.5, 0.6) is 0 Å². The first-order valence-corrected chi connectivity index (χ1v) is 10.8. The average Bonchev–Trinajstić information content (AvgIpc) is 3.21. The Hall–Kier alpha value is -3.97. The van der Waals surface area contributed by atoms with Crippen LogP contribution in [0.25, 0.3) is 10.9 Å². The van der Waals surface area contributed by atoms with Crippen molar-refractivity contribution in [2.45, 2.75) is 50.4 Å². The summed E-state index contributed by atoms with van der Waals surface area (Å²) in [7, 11) is 0. The van der Waals surface area contributed by atoms with Crippen molar-refractivity contribution < 1.29 is 39.3 Å². The molecule has 0 aliphatic heterocycles. The van der Waals surface area contributed by atoms with E-state index in [9.17, 15) is 34.2 Å². The highest BCUT2D eigenvalue weighted by molar-refractivity contribution is 5.93. The summed E-state index contributed by atoms with van der Waals surface area (Å²) in [6.07, 6.45) is -0.339. The molecule has 35 heavy (non-hydrogen) atoms. The number of amides is 3. The number of carbonyl (C=O) groups excluding carboxylic acids is 3. The maximum Gasteiger partial charge on any atom is 0.326 e. The first-order valence-electron chi connectivity index (χ1n) is 10.8. The molecule has 190 valence electrons. The molecule has 13 nitrogen and oxygen atoms in total. The van der Waals surface area contributed by atoms with Crippen molar-refractivity contribution >= 4 is 40.6 Å². The van der Waals surface area contributed by atoms with Gasteiger partial charge in [-0.1, -0.05) is 18.2 Å². The van der Waals surface area contributed by atoms with Gasteiger partial charge in [0.15, 0.2) is 0 Å². The summed E-state index contributed by atoms with van der Waals surface area (Å²) in [4.78, 5) is 62.7. The minimum atomic E-state index is -1.48. The number of aromatic amines is 1. The zero-order valence-corrected chi connectivity index (χ0v) is 19.0. The van der Waals surface area contributed by atoms with Crippen molar-refractivity contribution in [3.63, 3.8) is 0 Å². The molecule has 9 N–H and O–H groups in total. The molecule has 1 aromatic heterocycles. The van der Waals surface area contributed by atoms with E-state index in [0.717, 1.165) is 10.9 Å². The fourth-order valence-electron chi connectivity index (χ4n) is 3.28. The van der Waals surface area contributed by atoms with E-state index < -0.39 is 66.9 Å². The van der Waals surface area contributed by atoms with Crippen LogP contribution in [0.4, 0.5) is 0 Å². The molecular formula is C22H29N5O8. The molecule has 4 unspecified atom stereocenters. The molecule has 4 atom stereocenters. The number of rotatable bonds is 13. The second-order valence-electron chi connectivity index (χ2n) is 8.00. The van der Waals surface area contributed by atoms with Crippen LogP contribution in [0, 0.1) is 0 Å². The van der Waals surface area contributed by atoms with Crippen LogP contribution >= 0.6 is 0 Å². The number of H-pyrrole nitrogens is 1. The van der Waals surface area contributed by atoms with Gasteiger partial charge >= 0.3 is 11.9 Å². The quantitative estimate of drug-likeness (QED) is 0.162. The number of aliphatic hydroxyl groups excluding tert-OH is 1.